The molecule has 134 valence electrons. The van der Waals surface area contributed by atoms with Crippen LogP contribution < -0.4 is 0 Å². The summed E-state index contributed by atoms with van der Waals surface area (Å²) >= 11 is 0. The number of rotatable bonds is 3. The van der Waals surface area contributed by atoms with E-state index in [9.17, 15) is 0 Å². The molecule has 1 unspecified atom stereocenters. The molecule has 0 radical (unpaired) electrons. The SMILES string of the molecule is C(#CC(c1ccc(-c2ccccc2)cc1)N1CCCCC1)c1ccccc1. The van der Waals surface area contributed by atoms with Crippen molar-refractivity contribution in [3.8, 4) is 23.0 Å². The van der Waals surface area contributed by atoms with Crippen molar-refractivity contribution in [3.63, 3.8) is 0 Å². The summed E-state index contributed by atoms with van der Waals surface area (Å²) in [6, 6.07) is 30.0. The van der Waals surface area contributed by atoms with E-state index in [4.69, 9.17) is 0 Å². The highest BCUT2D eigenvalue weighted by molar-refractivity contribution is 5.63. The highest BCUT2D eigenvalue weighted by atomic mass is 15.2. The molecule has 1 aliphatic heterocycles. The van der Waals surface area contributed by atoms with Crippen molar-refractivity contribution < 1.29 is 0 Å². The summed E-state index contributed by atoms with van der Waals surface area (Å²) in [6.45, 7) is 2.27. The summed E-state index contributed by atoms with van der Waals surface area (Å²) in [5, 5.41) is 0. The predicted molar refractivity (Wildman–Crippen MR) is 113 cm³/mol. The summed E-state index contributed by atoms with van der Waals surface area (Å²) in [5.41, 5.74) is 4.89. The third-order valence-corrected chi connectivity index (χ3v) is 5.22. The average Bonchev–Trinajstić information content (AvgIpc) is 2.76. The van der Waals surface area contributed by atoms with Gasteiger partial charge in [0.2, 0.25) is 0 Å². The molecule has 0 N–H and O–H groups in total. The zero-order valence-corrected chi connectivity index (χ0v) is 15.6. The quantitative estimate of drug-likeness (QED) is 0.528. The third-order valence-electron chi connectivity index (χ3n) is 5.22. The van der Waals surface area contributed by atoms with E-state index in [0.717, 1.165) is 18.7 Å². The maximum atomic E-state index is 3.56. The van der Waals surface area contributed by atoms with Crippen molar-refractivity contribution in [2.24, 2.45) is 0 Å². The molecule has 0 aromatic heterocycles. The van der Waals surface area contributed by atoms with E-state index in [-0.39, 0.29) is 6.04 Å². The predicted octanol–water partition coefficient (Wildman–Crippen LogP) is 5.93. The molecule has 1 atom stereocenters. The van der Waals surface area contributed by atoms with Gasteiger partial charge in [-0.05, 0) is 54.8 Å². The number of nitrogens with zero attached hydrogens (tertiary/aromatic N) is 1. The fraction of sp³-hybridized carbons (Fsp3) is 0.231. The van der Waals surface area contributed by atoms with Crippen molar-refractivity contribution in [1.82, 2.24) is 4.90 Å². The van der Waals surface area contributed by atoms with Crippen LogP contribution in [0.5, 0.6) is 0 Å². The molecule has 1 saturated heterocycles. The first kappa shape index (κ1) is 17.6. The van der Waals surface area contributed by atoms with Crippen LogP contribution in [-0.2, 0) is 0 Å². The van der Waals surface area contributed by atoms with Gasteiger partial charge in [0.15, 0.2) is 0 Å². The Labute approximate surface area is 162 Å². The van der Waals surface area contributed by atoms with E-state index in [2.05, 4.69) is 95.6 Å². The first-order valence-corrected chi connectivity index (χ1v) is 9.86. The zero-order valence-electron chi connectivity index (χ0n) is 15.6. The van der Waals surface area contributed by atoms with Crippen molar-refractivity contribution in [2.75, 3.05) is 13.1 Å². The maximum Gasteiger partial charge on any atom is 0.0974 e. The molecule has 1 heteroatoms. The molecule has 0 bridgehead atoms. The van der Waals surface area contributed by atoms with Crippen molar-refractivity contribution in [3.05, 3.63) is 96.1 Å². The largest absolute Gasteiger partial charge is 0.286 e. The lowest BCUT2D eigenvalue weighted by atomic mass is 9.98. The molecule has 1 fully saturated rings. The van der Waals surface area contributed by atoms with Gasteiger partial charge in [-0.2, -0.15) is 0 Å². The molecule has 0 amide bonds. The Morgan fingerprint density at radius 2 is 1.22 bits per heavy atom. The topological polar surface area (TPSA) is 3.24 Å². The van der Waals surface area contributed by atoms with Crippen LogP contribution in [0.3, 0.4) is 0 Å². The summed E-state index contributed by atoms with van der Waals surface area (Å²) in [4.78, 5) is 2.54. The summed E-state index contributed by atoms with van der Waals surface area (Å²) in [7, 11) is 0. The lowest BCUT2D eigenvalue weighted by molar-refractivity contribution is 0.197. The first-order valence-electron chi connectivity index (χ1n) is 9.86. The highest BCUT2D eigenvalue weighted by Gasteiger charge is 2.20. The summed E-state index contributed by atoms with van der Waals surface area (Å²) < 4.78 is 0. The molecule has 27 heavy (non-hydrogen) atoms. The molecular formula is C26H25N. The van der Waals surface area contributed by atoms with E-state index in [0.29, 0.717) is 0 Å². The molecule has 1 aliphatic rings. The molecular weight excluding hydrogens is 326 g/mol. The molecule has 0 aliphatic carbocycles. The lowest BCUT2D eigenvalue weighted by Crippen LogP contribution is -2.33. The minimum atomic E-state index is 0.162. The Bertz CT molecular complexity index is 895. The standard InChI is InChI=1S/C26H25N/c1-4-10-22(11-5-1)14-19-26(27-20-8-3-9-21-27)25-17-15-24(16-18-25)23-12-6-2-7-13-23/h1-2,4-7,10-13,15-18,26H,3,8-9,20-21H2. The van der Waals surface area contributed by atoms with Gasteiger partial charge in [0, 0.05) is 5.56 Å². The van der Waals surface area contributed by atoms with Crippen molar-refractivity contribution in [1.29, 1.82) is 0 Å². The fourth-order valence-corrected chi connectivity index (χ4v) is 3.72. The van der Waals surface area contributed by atoms with Crippen molar-refractivity contribution >= 4 is 0 Å². The van der Waals surface area contributed by atoms with Gasteiger partial charge in [0.1, 0.15) is 0 Å². The van der Waals surface area contributed by atoms with Gasteiger partial charge in [-0.3, -0.25) is 4.90 Å². The van der Waals surface area contributed by atoms with E-state index in [1.165, 1.54) is 36.0 Å². The molecule has 4 rings (SSSR count). The summed E-state index contributed by atoms with van der Waals surface area (Å²) in [5.74, 6) is 6.95. The van der Waals surface area contributed by atoms with E-state index >= 15 is 0 Å². The van der Waals surface area contributed by atoms with Crippen molar-refractivity contribution in [2.45, 2.75) is 25.3 Å². The van der Waals surface area contributed by atoms with Crippen LogP contribution >= 0.6 is 0 Å². The maximum absolute atomic E-state index is 3.56. The van der Waals surface area contributed by atoms with Crippen LogP contribution in [0.1, 0.15) is 36.4 Å². The Morgan fingerprint density at radius 1 is 0.630 bits per heavy atom. The normalized spacial score (nSPS) is 15.6. The van der Waals surface area contributed by atoms with Gasteiger partial charge in [-0.1, -0.05) is 91.1 Å². The van der Waals surface area contributed by atoms with Crippen LogP contribution in [-0.4, -0.2) is 18.0 Å². The van der Waals surface area contributed by atoms with Crippen LogP contribution in [0.25, 0.3) is 11.1 Å². The zero-order chi connectivity index (χ0) is 18.3. The van der Waals surface area contributed by atoms with Gasteiger partial charge < -0.3 is 0 Å². The minimum Gasteiger partial charge on any atom is -0.286 e. The van der Waals surface area contributed by atoms with E-state index < -0.39 is 0 Å². The minimum absolute atomic E-state index is 0.162. The third kappa shape index (κ3) is 4.48. The Kier molecular flexibility index (Phi) is 5.67. The van der Waals surface area contributed by atoms with E-state index in [1.807, 2.05) is 6.07 Å². The molecule has 3 aromatic rings. The smallest absolute Gasteiger partial charge is 0.0974 e. The molecule has 1 nitrogen and oxygen atoms in total. The Balaban J connectivity index is 1.63. The summed E-state index contributed by atoms with van der Waals surface area (Å²) in [6.07, 6.45) is 3.87. The number of likely N-dealkylation sites (tertiary alicyclic amines) is 1. The highest BCUT2D eigenvalue weighted by Crippen LogP contribution is 2.27. The number of benzene rings is 3. The Morgan fingerprint density at radius 3 is 1.89 bits per heavy atom. The van der Waals surface area contributed by atoms with Gasteiger partial charge in [-0.15, -0.1) is 0 Å². The Hall–Kier alpha value is -2.82. The van der Waals surface area contributed by atoms with Gasteiger partial charge in [0.05, 0.1) is 6.04 Å². The molecule has 0 spiro atoms. The number of piperidine rings is 1. The van der Waals surface area contributed by atoms with Crippen LogP contribution in [0.2, 0.25) is 0 Å². The van der Waals surface area contributed by atoms with Gasteiger partial charge in [-0.25, -0.2) is 0 Å². The number of hydrogen-bond acceptors (Lipinski definition) is 1. The van der Waals surface area contributed by atoms with Gasteiger partial charge in [0.25, 0.3) is 0 Å². The van der Waals surface area contributed by atoms with E-state index in [1.54, 1.807) is 0 Å². The molecule has 0 saturated carbocycles. The second-order valence-corrected chi connectivity index (χ2v) is 7.12. The van der Waals surface area contributed by atoms with Gasteiger partial charge >= 0.3 is 0 Å². The lowest BCUT2D eigenvalue weighted by Gasteiger charge is -2.32. The van der Waals surface area contributed by atoms with Crippen LogP contribution in [0.4, 0.5) is 0 Å². The monoisotopic (exact) mass is 351 g/mol. The van der Waals surface area contributed by atoms with Crippen LogP contribution in [0.15, 0.2) is 84.9 Å². The molecule has 3 aromatic carbocycles. The second-order valence-electron chi connectivity index (χ2n) is 7.12. The second kappa shape index (κ2) is 8.71. The van der Waals surface area contributed by atoms with Crippen LogP contribution in [0, 0.1) is 11.8 Å². The number of hydrogen-bond donors (Lipinski definition) is 0. The first-order chi connectivity index (χ1) is 13.4. The molecule has 1 heterocycles. The average molecular weight is 351 g/mol. The fourth-order valence-electron chi connectivity index (χ4n) is 3.72.